The van der Waals surface area contributed by atoms with Crippen LogP contribution in [0.2, 0.25) is 0 Å². The quantitative estimate of drug-likeness (QED) is 0.717. The van der Waals surface area contributed by atoms with Gasteiger partial charge in [-0.25, -0.2) is 0 Å². The van der Waals surface area contributed by atoms with Gasteiger partial charge in [0.1, 0.15) is 0 Å². The molecule has 1 fully saturated rings. The van der Waals surface area contributed by atoms with Gasteiger partial charge in [-0.05, 0) is 19.3 Å². The molecule has 1 heteroatoms. The molecule has 1 aliphatic rings. The summed E-state index contributed by atoms with van der Waals surface area (Å²) in [5, 5.41) is 10.7. The molecule has 1 aliphatic carbocycles. The van der Waals surface area contributed by atoms with Crippen molar-refractivity contribution < 1.29 is 5.11 Å². The maximum absolute atomic E-state index is 10.7. The molecule has 0 saturated heterocycles. The Labute approximate surface area is 108 Å². The molecule has 1 nitrogen and oxygen atoms in total. The first-order valence-corrected chi connectivity index (χ1v) is 7.99. The smallest absolute Gasteiger partial charge is 0.0647 e. The predicted octanol–water partition coefficient (Wildman–Crippen LogP) is 5.21. The Hall–Kier alpha value is -0.0400. The molecule has 0 aromatic rings. The third-order valence-electron chi connectivity index (χ3n) is 4.28. The summed E-state index contributed by atoms with van der Waals surface area (Å²) in [7, 11) is 0. The largest absolute Gasteiger partial charge is 0.390 e. The Bertz CT molecular complexity index is 164. The molecule has 1 N–H and O–H groups in total. The van der Waals surface area contributed by atoms with Crippen LogP contribution in [-0.2, 0) is 0 Å². The molecule has 0 aliphatic heterocycles. The van der Waals surface area contributed by atoms with E-state index in [1.807, 2.05) is 0 Å². The normalized spacial score (nSPS) is 23.6. The molecule has 0 heterocycles. The van der Waals surface area contributed by atoms with Crippen LogP contribution in [0.5, 0.6) is 0 Å². The Morgan fingerprint density at radius 2 is 1.18 bits per heavy atom. The molecule has 0 radical (unpaired) electrons. The molecule has 0 bridgehead atoms. The van der Waals surface area contributed by atoms with E-state index < -0.39 is 0 Å². The van der Waals surface area contributed by atoms with E-state index in [2.05, 4.69) is 6.92 Å². The summed E-state index contributed by atoms with van der Waals surface area (Å²) in [4.78, 5) is 0. The van der Waals surface area contributed by atoms with Gasteiger partial charge in [-0.2, -0.15) is 0 Å². The second kappa shape index (κ2) is 8.97. The number of aliphatic hydroxyl groups is 1. The van der Waals surface area contributed by atoms with Crippen molar-refractivity contribution >= 4 is 0 Å². The summed E-state index contributed by atoms with van der Waals surface area (Å²) >= 11 is 0. The molecular weight excluding hydrogens is 208 g/mol. The van der Waals surface area contributed by atoms with Crippen LogP contribution in [0.4, 0.5) is 0 Å². The average molecular weight is 240 g/mol. The highest BCUT2D eigenvalue weighted by Crippen LogP contribution is 2.29. The zero-order chi connectivity index (χ0) is 12.4. The monoisotopic (exact) mass is 240 g/mol. The van der Waals surface area contributed by atoms with Crippen LogP contribution in [0.3, 0.4) is 0 Å². The van der Waals surface area contributed by atoms with Gasteiger partial charge in [0.25, 0.3) is 0 Å². The second-order valence-corrected chi connectivity index (χ2v) is 6.01. The summed E-state index contributed by atoms with van der Waals surface area (Å²) in [6.45, 7) is 2.22. The summed E-state index contributed by atoms with van der Waals surface area (Å²) in [5.41, 5.74) is -0.324. The first-order valence-electron chi connectivity index (χ1n) is 7.99. The van der Waals surface area contributed by atoms with Gasteiger partial charge < -0.3 is 5.11 Å². The van der Waals surface area contributed by atoms with Crippen LogP contribution in [-0.4, -0.2) is 10.7 Å². The molecule has 102 valence electrons. The molecule has 0 aromatic heterocycles. The summed E-state index contributed by atoms with van der Waals surface area (Å²) in [6, 6.07) is 0. The van der Waals surface area contributed by atoms with E-state index in [4.69, 9.17) is 0 Å². The lowest BCUT2D eigenvalue weighted by Crippen LogP contribution is -2.28. The van der Waals surface area contributed by atoms with Crippen molar-refractivity contribution in [3.05, 3.63) is 0 Å². The first-order chi connectivity index (χ1) is 8.27. The summed E-state index contributed by atoms with van der Waals surface area (Å²) in [6.07, 6.45) is 17.7. The standard InChI is InChI=1S/C16H32O/c1-2-3-13-16(17)14-11-9-7-5-4-6-8-10-12-15-16/h17H,2-15H2,1H3. The molecule has 1 saturated carbocycles. The SMILES string of the molecule is CCCCC1(O)CCCCCCCCCCC1. The Morgan fingerprint density at radius 1 is 0.765 bits per heavy atom. The van der Waals surface area contributed by atoms with E-state index in [9.17, 15) is 5.11 Å². The van der Waals surface area contributed by atoms with Gasteiger partial charge in [0.15, 0.2) is 0 Å². The third kappa shape index (κ3) is 7.08. The van der Waals surface area contributed by atoms with Crippen LogP contribution in [0.25, 0.3) is 0 Å². The predicted molar refractivity (Wildman–Crippen MR) is 75.3 cm³/mol. The van der Waals surface area contributed by atoms with Crippen LogP contribution < -0.4 is 0 Å². The van der Waals surface area contributed by atoms with E-state index in [0.717, 1.165) is 19.3 Å². The van der Waals surface area contributed by atoms with Crippen molar-refractivity contribution in [2.45, 2.75) is 102 Å². The zero-order valence-corrected chi connectivity index (χ0v) is 11.8. The molecule has 0 atom stereocenters. The van der Waals surface area contributed by atoms with Crippen molar-refractivity contribution in [2.24, 2.45) is 0 Å². The van der Waals surface area contributed by atoms with E-state index in [-0.39, 0.29) is 5.60 Å². The maximum Gasteiger partial charge on any atom is 0.0647 e. The van der Waals surface area contributed by atoms with Gasteiger partial charge in [0.05, 0.1) is 5.60 Å². The van der Waals surface area contributed by atoms with Crippen molar-refractivity contribution in [3.8, 4) is 0 Å². The molecule has 0 amide bonds. The van der Waals surface area contributed by atoms with Crippen LogP contribution >= 0.6 is 0 Å². The fourth-order valence-electron chi connectivity index (χ4n) is 3.03. The summed E-state index contributed by atoms with van der Waals surface area (Å²) < 4.78 is 0. The van der Waals surface area contributed by atoms with Crippen molar-refractivity contribution in [2.75, 3.05) is 0 Å². The zero-order valence-electron chi connectivity index (χ0n) is 11.8. The molecule has 17 heavy (non-hydrogen) atoms. The van der Waals surface area contributed by atoms with Gasteiger partial charge >= 0.3 is 0 Å². The lowest BCUT2D eigenvalue weighted by Gasteiger charge is -2.28. The molecule has 0 aromatic carbocycles. The Balaban J connectivity index is 2.35. The minimum atomic E-state index is -0.324. The number of unbranched alkanes of at least 4 members (excludes halogenated alkanes) is 1. The van der Waals surface area contributed by atoms with Gasteiger partial charge in [0.2, 0.25) is 0 Å². The van der Waals surface area contributed by atoms with Crippen LogP contribution in [0, 0.1) is 0 Å². The van der Waals surface area contributed by atoms with E-state index in [0.29, 0.717) is 0 Å². The second-order valence-electron chi connectivity index (χ2n) is 6.01. The highest BCUT2D eigenvalue weighted by molar-refractivity contribution is 4.78. The van der Waals surface area contributed by atoms with Crippen LogP contribution in [0.15, 0.2) is 0 Å². The molecular formula is C16H32O. The minimum absolute atomic E-state index is 0.324. The highest BCUT2D eigenvalue weighted by Gasteiger charge is 2.24. The lowest BCUT2D eigenvalue weighted by atomic mass is 9.85. The van der Waals surface area contributed by atoms with E-state index >= 15 is 0 Å². The first kappa shape index (κ1) is 15.0. The highest BCUT2D eigenvalue weighted by atomic mass is 16.3. The van der Waals surface area contributed by atoms with Crippen molar-refractivity contribution in [3.63, 3.8) is 0 Å². The van der Waals surface area contributed by atoms with Gasteiger partial charge in [-0.3, -0.25) is 0 Å². The van der Waals surface area contributed by atoms with E-state index in [1.54, 1.807) is 0 Å². The van der Waals surface area contributed by atoms with Gasteiger partial charge in [0, 0.05) is 0 Å². The fraction of sp³-hybridized carbons (Fsp3) is 1.00. The third-order valence-corrected chi connectivity index (χ3v) is 4.28. The molecule has 0 spiro atoms. The minimum Gasteiger partial charge on any atom is -0.390 e. The maximum atomic E-state index is 10.7. The van der Waals surface area contributed by atoms with Crippen LogP contribution in [0.1, 0.15) is 96.8 Å². The Morgan fingerprint density at radius 3 is 1.59 bits per heavy atom. The Kier molecular flexibility index (Phi) is 7.92. The van der Waals surface area contributed by atoms with Gasteiger partial charge in [-0.1, -0.05) is 77.6 Å². The number of hydrogen-bond acceptors (Lipinski definition) is 1. The molecule has 0 unspecified atom stereocenters. The lowest BCUT2D eigenvalue weighted by molar-refractivity contribution is 0.00725. The average Bonchev–Trinajstić information content (AvgIpc) is 2.32. The van der Waals surface area contributed by atoms with Crippen molar-refractivity contribution in [1.29, 1.82) is 0 Å². The van der Waals surface area contributed by atoms with Crippen molar-refractivity contribution in [1.82, 2.24) is 0 Å². The topological polar surface area (TPSA) is 20.2 Å². The molecule has 1 rings (SSSR count). The number of hydrogen-bond donors (Lipinski definition) is 1. The van der Waals surface area contributed by atoms with E-state index in [1.165, 1.54) is 70.6 Å². The van der Waals surface area contributed by atoms with Gasteiger partial charge in [-0.15, -0.1) is 0 Å². The number of rotatable bonds is 3. The summed E-state index contributed by atoms with van der Waals surface area (Å²) in [5.74, 6) is 0. The fourth-order valence-corrected chi connectivity index (χ4v) is 3.03.